The van der Waals surface area contributed by atoms with E-state index >= 15 is 0 Å². The molecule has 5 nitrogen and oxygen atoms in total. The van der Waals surface area contributed by atoms with Crippen molar-refractivity contribution in [1.29, 1.82) is 0 Å². The van der Waals surface area contributed by atoms with E-state index in [2.05, 4.69) is 4.98 Å². The van der Waals surface area contributed by atoms with Crippen molar-refractivity contribution >= 4 is 6.08 Å². The third kappa shape index (κ3) is 4.23. The second-order valence-corrected chi connectivity index (χ2v) is 3.82. The number of pyridine rings is 1. The summed E-state index contributed by atoms with van der Waals surface area (Å²) >= 11 is 0. The Kier molecular flexibility index (Phi) is 4.23. The molecule has 19 heavy (non-hydrogen) atoms. The van der Waals surface area contributed by atoms with Gasteiger partial charge in [0.25, 0.3) is 6.20 Å². The molecule has 0 amide bonds. The minimum absolute atomic E-state index is 0.264. The molecule has 0 saturated carbocycles. The minimum atomic E-state index is -0.264. The molecule has 5 heteroatoms. The lowest BCUT2D eigenvalue weighted by atomic mass is 10.2. The van der Waals surface area contributed by atoms with Crippen molar-refractivity contribution in [2.45, 2.75) is 6.61 Å². The third-order valence-corrected chi connectivity index (χ3v) is 2.38. The van der Waals surface area contributed by atoms with Gasteiger partial charge in [0.05, 0.1) is 4.91 Å². The molecule has 1 N–H and O–H groups in total. The standard InChI is InChI=1S/C14H13N2O3/c17-16(18)9-8-12-6-7-14(15-10-12)19-11-13-4-2-1-3-5-13/h1-10H,11H2,(H,17,18)/q+1/b9-8+. The van der Waals surface area contributed by atoms with Gasteiger partial charge in [-0.15, -0.1) is 0 Å². The molecule has 0 aliphatic carbocycles. The molecule has 0 spiro atoms. The molecule has 0 aliphatic rings. The first kappa shape index (κ1) is 12.8. The van der Waals surface area contributed by atoms with Gasteiger partial charge in [-0.1, -0.05) is 30.3 Å². The number of ether oxygens (including phenoxy) is 1. The van der Waals surface area contributed by atoms with Crippen LogP contribution in [-0.4, -0.2) is 15.1 Å². The van der Waals surface area contributed by atoms with E-state index in [0.29, 0.717) is 18.1 Å². The van der Waals surface area contributed by atoms with E-state index in [-0.39, 0.29) is 4.92 Å². The molecule has 0 atom stereocenters. The molecule has 0 unspecified atom stereocenters. The van der Waals surface area contributed by atoms with Crippen LogP contribution in [0.15, 0.2) is 54.9 Å². The Bertz CT molecular complexity index is 565. The lowest BCUT2D eigenvalue weighted by Crippen LogP contribution is -1.96. The number of nitrogens with zero attached hydrogens (tertiary/aromatic N) is 2. The highest BCUT2D eigenvalue weighted by atomic mass is 16.6. The highest BCUT2D eigenvalue weighted by Gasteiger charge is 1.98. The molecular formula is C14H13N2O3+. The fourth-order valence-corrected chi connectivity index (χ4v) is 1.46. The number of aromatic nitrogens is 1. The number of rotatable bonds is 5. The van der Waals surface area contributed by atoms with Gasteiger partial charge in [0, 0.05) is 18.3 Å². The fraction of sp³-hybridized carbons (Fsp3) is 0.0714. The number of benzene rings is 1. The molecule has 96 valence electrons. The third-order valence-electron chi connectivity index (χ3n) is 2.38. The Morgan fingerprint density at radius 2 is 2.00 bits per heavy atom. The first-order chi connectivity index (χ1) is 9.24. The van der Waals surface area contributed by atoms with Crippen LogP contribution in [0.25, 0.3) is 6.08 Å². The van der Waals surface area contributed by atoms with Crippen LogP contribution in [0.4, 0.5) is 0 Å². The summed E-state index contributed by atoms with van der Waals surface area (Å²) in [6, 6.07) is 13.2. The molecule has 1 heterocycles. The molecule has 0 saturated heterocycles. The molecule has 2 rings (SSSR count). The van der Waals surface area contributed by atoms with Gasteiger partial charge in [-0.25, -0.2) is 10.2 Å². The Morgan fingerprint density at radius 3 is 2.63 bits per heavy atom. The predicted molar refractivity (Wildman–Crippen MR) is 69.5 cm³/mol. The van der Waals surface area contributed by atoms with E-state index < -0.39 is 0 Å². The van der Waals surface area contributed by atoms with Crippen molar-refractivity contribution < 1.29 is 14.9 Å². The molecular weight excluding hydrogens is 244 g/mol. The van der Waals surface area contributed by atoms with Crippen molar-refractivity contribution in [3.8, 4) is 5.88 Å². The van der Waals surface area contributed by atoms with Crippen molar-refractivity contribution in [1.82, 2.24) is 4.98 Å². The van der Waals surface area contributed by atoms with Gasteiger partial charge in [0.1, 0.15) is 6.61 Å². The second kappa shape index (κ2) is 6.30. The van der Waals surface area contributed by atoms with Crippen molar-refractivity contribution in [2.24, 2.45) is 0 Å². The van der Waals surface area contributed by atoms with Gasteiger partial charge in [0.15, 0.2) is 0 Å². The molecule has 1 aromatic carbocycles. The first-order valence-electron chi connectivity index (χ1n) is 5.70. The van der Waals surface area contributed by atoms with E-state index in [9.17, 15) is 4.91 Å². The lowest BCUT2D eigenvalue weighted by Gasteiger charge is -2.04. The van der Waals surface area contributed by atoms with Gasteiger partial charge < -0.3 is 4.74 Å². The highest BCUT2D eigenvalue weighted by molar-refractivity contribution is 5.46. The monoisotopic (exact) mass is 257 g/mol. The number of hydrogen-bond acceptors (Lipinski definition) is 3. The van der Waals surface area contributed by atoms with Crippen molar-refractivity contribution in [3.05, 3.63) is 70.9 Å². The lowest BCUT2D eigenvalue weighted by molar-refractivity contribution is -0.741. The summed E-state index contributed by atoms with van der Waals surface area (Å²) in [5.41, 5.74) is 1.76. The molecule has 0 aliphatic heterocycles. The Morgan fingerprint density at radius 1 is 1.21 bits per heavy atom. The van der Waals surface area contributed by atoms with E-state index in [1.165, 1.54) is 6.08 Å². The average Bonchev–Trinajstić information content (AvgIpc) is 2.45. The normalized spacial score (nSPS) is 10.5. The van der Waals surface area contributed by atoms with E-state index in [4.69, 9.17) is 9.94 Å². The zero-order chi connectivity index (χ0) is 13.5. The van der Waals surface area contributed by atoms with Gasteiger partial charge in [-0.05, 0) is 17.2 Å². The Balaban J connectivity index is 1.94. The van der Waals surface area contributed by atoms with Crippen LogP contribution in [0.2, 0.25) is 0 Å². The minimum Gasteiger partial charge on any atom is -0.473 e. The summed E-state index contributed by atoms with van der Waals surface area (Å²) in [5.74, 6) is 0.504. The Hall–Kier alpha value is -2.69. The fourth-order valence-electron chi connectivity index (χ4n) is 1.46. The summed E-state index contributed by atoms with van der Waals surface area (Å²) in [6.45, 7) is 0.452. The molecule has 2 aromatic rings. The topological polar surface area (TPSA) is 62.4 Å². The zero-order valence-corrected chi connectivity index (χ0v) is 10.1. The van der Waals surface area contributed by atoms with Crippen LogP contribution in [0.5, 0.6) is 5.88 Å². The van der Waals surface area contributed by atoms with E-state index in [1.807, 2.05) is 30.3 Å². The molecule has 1 aromatic heterocycles. The average molecular weight is 257 g/mol. The van der Waals surface area contributed by atoms with Crippen LogP contribution in [0, 0.1) is 4.91 Å². The summed E-state index contributed by atoms with van der Waals surface area (Å²) in [6.07, 6.45) is 3.99. The molecule has 0 bridgehead atoms. The van der Waals surface area contributed by atoms with E-state index in [0.717, 1.165) is 11.8 Å². The SMILES string of the molecule is O=[N+](O)/C=C/c1ccc(OCc2ccccc2)nc1. The smallest absolute Gasteiger partial charge is 0.282 e. The quantitative estimate of drug-likeness (QED) is 0.836. The first-order valence-corrected chi connectivity index (χ1v) is 5.70. The zero-order valence-electron chi connectivity index (χ0n) is 10.1. The molecule has 0 radical (unpaired) electrons. The largest absolute Gasteiger partial charge is 0.473 e. The van der Waals surface area contributed by atoms with Crippen molar-refractivity contribution in [2.75, 3.05) is 0 Å². The maximum atomic E-state index is 10.3. The second-order valence-electron chi connectivity index (χ2n) is 3.82. The summed E-state index contributed by atoms with van der Waals surface area (Å²) in [5, 5.41) is 8.42. The maximum absolute atomic E-state index is 10.3. The highest BCUT2D eigenvalue weighted by Crippen LogP contribution is 2.11. The maximum Gasteiger partial charge on any atom is 0.282 e. The van der Waals surface area contributed by atoms with Gasteiger partial charge in [0.2, 0.25) is 10.8 Å². The van der Waals surface area contributed by atoms with Crippen LogP contribution >= 0.6 is 0 Å². The van der Waals surface area contributed by atoms with Crippen LogP contribution in [-0.2, 0) is 6.61 Å². The summed E-state index contributed by atoms with van der Waals surface area (Å²) < 4.78 is 5.52. The summed E-state index contributed by atoms with van der Waals surface area (Å²) in [4.78, 5) is 14.1. The Labute approximate surface area is 110 Å². The van der Waals surface area contributed by atoms with E-state index in [1.54, 1.807) is 18.3 Å². The predicted octanol–water partition coefficient (Wildman–Crippen LogP) is 2.80. The van der Waals surface area contributed by atoms with Crippen molar-refractivity contribution in [3.63, 3.8) is 0 Å². The molecule has 0 fully saturated rings. The van der Waals surface area contributed by atoms with Gasteiger partial charge in [-0.2, -0.15) is 0 Å². The van der Waals surface area contributed by atoms with Gasteiger partial charge >= 0.3 is 0 Å². The van der Waals surface area contributed by atoms with Crippen LogP contribution < -0.4 is 4.74 Å². The van der Waals surface area contributed by atoms with Crippen LogP contribution in [0.3, 0.4) is 0 Å². The summed E-state index contributed by atoms with van der Waals surface area (Å²) in [7, 11) is 0. The van der Waals surface area contributed by atoms with Crippen LogP contribution in [0.1, 0.15) is 11.1 Å². The van der Waals surface area contributed by atoms with Gasteiger partial charge in [-0.3, -0.25) is 0 Å². The number of hydrogen-bond donors (Lipinski definition) is 1.